The Balaban J connectivity index is 0.788. The average molecular weight is 862 g/mol. The topological polar surface area (TPSA) is 149 Å². The number of halogens is 1. The number of imide groups is 2. The summed E-state index contributed by atoms with van der Waals surface area (Å²) in [5.41, 5.74) is 4.94. The molecule has 14 heteroatoms. The Morgan fingerprint density at radius 3 is 2.00 bits per heavy atom. The van der Waals surface area contributed by atoms with Crippen LogP contribution in [0.3, 0.4) is 0 Å². The zero-order valence-electron chi connectivity index (χ0n) is 35.1. The van der Waals surface area contributed by atoms with Crippen molar-refractivity contribution in [1.29, 1.82) is 0 Å². The predicted molar refractivity (Wildman–Crippen MR) is 235 cm³/mol. The fourth-order valence-electron chi connectivity index (χ4n) is 8.82. The summed E-state index contributed by atoms with van der Waals surface area (Å²) in [7, 11) is 0. The summed E-state index contributed by atoms with van der Waals surface area (Å²) in [4.78, 5) is 72.0. The Labute approximate surface area is 366 Å². The monoisotopic (exact) mass is 861 g/mol. The molecule has 3 fully saturated rings. The molecule has 4 aromatic rings. The minimum Gasteiger partial charge on any atom is -0.493 e. The molecule has 4 aromatic carbocycles. The van der Waals surface area contributed by atoms with Crippen LogP contribution >= 0.6 is 11.6 Å². The molecule has 4 heterocycles. The van der Waals surface area contributed by atoms with E-state index in [1.54, 1.807) is 12.1 Å². The number of ether oxygens (including phenoxy) is 2. The first-order valence-corrected chi connectivity index (χ1v) is 21.9. The van der Waals surface area contributed by atoms with Crippen LogP contribution in [-0.2, 0) is 15.0 Å². The molecule has 0 spiro atoms. The van der Waals surface area contributed by atoms with Crippen molar-refractivity contribution in [3.05, 3.63) is 119 Å². The lowest BCUT2D eigenvalue weighted by Gasteiger charge is -2.38. The lowest BCUT2D eigenvalue weighted by Crippen LogP contribution is -2.54. The number of rotatable bonds is 13. The van der Waals surface area contributed by atoms with Gasteiger partial charge in [0.05, 0.1) is 29.3 Å². The quantitative estimate of drug-likeness (QED) is 0.128. The van der Waals surface area contributed by atoms with Crippen LogP contribution in [0, 0.1) is 5.92 Å². The number of hydrogen-bond donors (Lipinski definition) is 2. The largest absolute Gasteiger partial charge is 0.493 e. The van der Waals surface area contributed by atoms with Crippen molar-refractivity contribution in [3.63, 3.8) is 0 Å². The van der Waals surface area contributed by atoms with Gasteiger partial charge in [-0.25, -0.2) is 0 Å². The number of amides is 5. The van der Waals surface area contributed by atoms with Crippen LogP contribution in [0.25, 0.3) is 0 Å². The van der Waals surface area contributed by atoms with Gasteiger partial charge < -0.3 is 29.3 Å². The fraction of sp³-hybridized carbons (Fsp3) is 0.396. The number of carbonyl (C=O) groups is 5. The SMILES string of the molecule is CC(C)(c1ccc(OCC2CCN(C(=O)c3ccc(N4CCN(c5cccc6c5C(=O)N(C5CCC(=O)NC5=O)C6=O)CC4)cc3)CC2)cc1)c1ccc(OC[C@H](O)CCl)cc1. The number of aliphatic hydroxyl groups excluding tert-OH is 1. The van der Waals surface area contributed by atoms with Gasteiger partial charge in [-0.3, -0.25) is 34.2 Å². The third-order valence-corrected chi connectivity index (χ3v) is 13.1. The van der Waals surface area contributed by atoms with Crippen LogP contribution < -0.4 is 24.6 Å². The first-order valence-electron chi connectivity index (χ1n) is 21.4. The standard InChI is InChI=1S/C48H52ClN5O8/c1-48(2,34-10-16-38(17-11-34)62-30-36(55)28-49)33-8-14-37(15-9-33)61-29-31-20-22-53(23-21-31)45(58)32-6-12-35(13-7-32)51-24-26-52(27-25-51)40-5-3-4-39-43(40)47(60)54(46(39)59)41-18-19-42(56)50-44(41)57/h3-17,31,36,41,55H,18-30H2,1-2H3,(H,50,56,57)/t36-,41?/m1/s1. The fourth-order valence-corrected chi connectivity index (χ4v) is 8.91. The maximum absolute atomic E-state index is 13.6. The molecule has 2 atom stereocenters. The number of aliphatic hydroxyl groups is 1. The molecule has 1 unspecified atom stereocenters. The van der Waals surface area contributed by atoms with E-state index >= 15 is 0 Å². The van der Waals surface area contributed by atoms with Gasteiger partial charge in [-0.05, 0) is 97.0 Å². The zero-order valence-corrected chi connectivity index (χ0v) is 35.8. The Bertz CT molecular complexity index is 2300. The predicted octanol–water partition coefficient (Wildman–Crippen LogP) is 5.65. The number of nitrogens with zero attached hydrogens (tertiary/aromatic N) is 4. The second-order valence-corrected chi connectivity index (χ2v) is 17.3. The molecule has 0 saturated carbocycles. The van der Waals surface area contributed by atoms with E-state index in [9.17, 15) is 29.1 Å². The molecule has 0 bridgehead atoms. The van der Waals surface area contributed by atoms with Gasteiger partial charge in [0, 0.05) is 62.4 Å². The number of likely N-dealkylation sites (tertiary alicyclic amines) is 1. The summed E-state index contributed by atoms with van der Waals surface area (Å²) in [5.74, 6) is -0.0473. The molecule has 0 radical (unpaired) electrons. The minimum absolute atomic E-state index is 0.0229. The van der Waals surface area contributed by atoms with Crippen molar-refractivity contribution >= 4 is 52.5 Å². The van der Waals surface area contributed by atoms with E-state index in [0.717, 1.165) is 40.3 Å². The molecule has 2 N–H and O–H groups in total. The number of piperazine rings is 1. The van der Waals surface area contributed by atoms with Gasteiger partial charge in [0.2, 0.25) is 11.8 Å². The minimum atomic E-state index is -1.01. The van der Waals surface area contributed by atoms with Crippen molar-refractivity contribution in [2.75, 3.05) is 68.2 Å². The molecular formula is C48H52ClN5O8. The average Bonchev–Trinajstić information content (AvgIpc) is 3.56. The number of hydrogen-bond acceptors (Lipinski definition) is 10. The zero-order chi connectivity index (χ0) is 43.5. The highest BCUT2D eigenvalue weighted by molar-refractivity contribution is 6.25. The number of fused-ring (bicyclic) bond motifs is 1. The van der Waals surface area contributed by atoms with Crippen LogP contribution in [0.1, 0.15) is 81.7 Å². The third kappa shape index (κ3) is 8.87. The van der Waals surface area contributed by atoms with Crippen LogP contribution in [0.2, 0.25) is 0 Å². The van der Waals surface area contributed by atoms with Gasteiger partial charge >= 0.3 is 0 Å². The second kappa shape index (κ2) is 18.2. The van der Waals surface area contributed by atoms with Gasteiger partial charge in [0.25, 0.3) is 17.7 Å². The molecule has 0 aromatic heterocycles. The molecule has 4 aliphatic heterocycles. The van der Waals surface area contributed by atoms with E-state index in [2.05, 4.69) is 41.1 Å². The van der Waals surface area contributed by atoms with Crippen molar-refractivity contribution < 1.29 is 38.6 Å². The Kier molecular flexibility index (Phi) is 12.6. The van der Waals surface area contributed by atoms with E-state index in [1.165, 1.54) is 0 Å². The summed E-state index contributed by atoms with van der Waals surface area (Å²) < 4.78 is 11.9. The number of benzene rings is 4. The maximum Gasteiger partial charge on any atom is 0.264 e. The summed E-state index contributed by atoms with van der Waals surface area (Å²) in [6.45, 7) is 8.99. The number of nitrogens with one attached hydrogen (secondary N) is 1. The van der Waals surface area contributed by atoms with Gasteiger partial charge in [0.15, 0.2) is 0 Å². The lowest BCUT2D eigenvalue weighted by molar-refractivity contribution is -0.136. The van der Waals surface area contributed by atoms with Gasteiger partial charge in [-0.2, -0.15) is 0 Å². The number of alkyl halides is 1. The highest BCUT2D eigenvalue weighted by atomic mass is 35.5. The van der Waals surface area contributed by atoms with Crippen LogP contribution in [0.5, 0.6) is 11.5 Å². The summed E-state index contributed by atoms with van der Waals surface area (Å²) in [5, 5.41) is 11.9. The molecule has 3 saturated heterocycles. The molecule has 62 heavy (non-hydrogen) atoms. The Morgan fingerprint density at radius 2 is 1.39 bits per heavy atom. The summed E-state index contributed by atoms with van der Waals surface area (Å²) in [6.07, 6.45) is 1.21. The number of anilines is 2. The van der Waals surface area contributed by atoms with Crippen molar-refractivity contribution in [1.82, 2.24) is 15.1 Å². The molecule has 4 aliphatic rings. The first-order chi connectivity index (χ1) is 29.9. The Hall–Kier alpha value is -5.92. The van der Waals surface area contributed by atoms with Crippen molar-refractivity contribution in [3.8, 4) is 11.5 Å². The van der Waals surface area contributed by atoms with Crippen LogP contribution in [0.4, 0.5) is 11.4 Å². The van der Waals surface area contributed by atoms with E-state index < -0.39 is 35.8 Å². The van der Waals surface area contributed by atoms with Crippen LogP contribution in [0.15, 0.2) is 91.0 Å². The molecular weight excluding hydrogens is 810 g/mol. The van der Waals surface area contributed by atoms with E-state index in [4.69, 9.17) is 21.1 Å². The molecule has 13 nitrogen and oxygen atoms in total. The van der Waals surface area contributed by atoms with Gasteiger partial charge in [0.1, 0.15) is 30.3 Å². The maximum atomic E-state index is 13.6. The molecule has 8 rings (SSSR count). The van der Waals surface area contributed by atoms with Crippen molar-refractivity contribution in [2.45, 2.75) is 57.1 Å². The summed E-state index contributed by atoms with van der Waals surface area (Å²) >= 11 is 5.67. The summed E-state index contributed by atoms with van der Waals surface area (Å²) in [6, 6.07) is 28.1. The third-order valence-electron chi connectivity index (χ3n) is 12.7. The molecule has 324 valence electrons. The van der Waals surface area contributed by atoms with E-state index in [1.807, 2.05) is 71.6 Å². The van der Waals surface area contributed by atoms with Crippen molar-refractivity contribution in [2.24, 2.45) is 5.92 Å². The highest BCUT2D eigenvalue weighted by Gasteiger charge is 2.46. The lowest BCUT2D eigenvalue weighted by atomic mass is 9.78. The molecule has 5 amide bonds. The van der Waals surface area contributed by atoms with Crippen LogP contribution in [-0.4, -0.2) is 115 Å². The normalized spacial score (nSPS) is 19.1. The highest BCUT2D eigenvalue weighted by Crippen LogP contribution is 2.36. The van der Waals surface area contributed by atoms with E-state index in [0.29, 0.717) is 74.4 Å². The van der Waals surface area contributed by atoms with E-state index in [-0.39, 0.29) is 42.2 Å². The number of carbonyl (C=O) groups excluding carboxylic acids is 5. The smallest absolute Gasteiger partial charge is 0.264 e. The second-order valence-electron chi connectivity index (χ2n) is 17.0. The Morgan fingerprint density at radius 1 is 0.774 bits per heavy atom. The van der Waals surface area contributed by atoms with Gasteiger partial charge in [-0.1, -0.05) is 44.2 Å². The first kappa shape index (κ1) is 42.8. The number of piperidine rings is 2. The molecule has 0 aliphatic carbocycles. The van der Waals surface area contributed by atoms with Gasteiger partial charge in [-0.15, -0.1) is 11.6 Å².